The monoisotopic (exact) mass is 907 g/mol. The molecule has 4 nitrogen and oxygen atoms in total. The van der Waals surface area contributed by atoms with E-state index in [-0.39, 0.29) is 48.9 Å². The van der Waals surface area contributed by atoms with Crippen molar-refractivity contribution in [2.24, 2.45) is 17.8 Å². The predicted octanol–water partition coefficient (Wildman–Crippen LogP) is 14.0. The van der Waals surface area contributed by atoms with E-state index in [0.29, 0.717) is 5.92 Å². The molecule has 0 saturated carbocycles. The summed E-state index contributed by atoms with van der Waals surface area (Å²) in [7, 11) is 0. The quantitative estimate of drug-likeness (QED) is 0.0799. The molecule has 53 heavy (non-hydrogen) atoms. The van der Waals surface area contributed by atoms with Gasteiger partial charge in [0.2, 0.25) is 0 Å². The minimum absolute atomic E-state index is 0. The third-order valence-corrected chi connectivity index (χ3v) is 11.1. The Kier molecular flexibility index (Phi) is 14.5. The molecular weight excluding hydrogens is 851 g/mol. The fourth-order valence-corrected chi connectivity index (χ4v) is 7.98. The standard InChI is InChI=1S/C34H32NOS.C13H24O2.Ir/c1-20(2)15-28-21(3)36-32-18-23(11-12-26(28)32)29-19-31(35-33-27(29)13-14-37-33)24-16-22-9-7-8-10-25(22)30(17-24)34(4,5)6;1-5-10(6-2)12(14)9-13(15)11(7-3)8-4;/h7-14,17-20H,15H2,1-6H3;9-11,14H,5-8H2,1-4H3;/q-1;;/b;12-9-;. The zero-order chi connectivity index (χ0) is 37.7. The number of pyridine rings is 1. The number of carbonyl (C=O) groups excluding carboxylic acids is 1. The van der Waals surface area contributed by atoms with E-state index in [1.165, 1.54) is 38.9 Å². The third-order valence-electron chi connectivity index (χ3n) is 10.3. The second kappa shape index (κ2) is 18.2. The molecule has 0 aliphatic heterocycles. The Hall–Kier alpha value is -3.57. The van der Waals surface area contributed by atoms with Crippen LogP contribution in [0.1, 0.15) is 105 Å². The summed E-state index contributed by atoms with van der Waals surface area (Å²) < 4.78 is 6.25. The van der Waals surface area contributed by atoms with Crippen LogP contribution in [0.3, 0.4) is 0 Å². The number of aryl methyl sites for hydroxylation is 1. The molecule has 0 aliphatic rings. The molecule has 1 N–H and O–H groups in total. The number of fused-ring (bicyclic) bond motifs is 3. The Balaban J connectivity index is 0.000000335. The normalized spacial score (nSPS) is 12.2. The first kappa shape index (κ1) is 42.2. The molecule has 0 amide bonds. The number of aliphatic hydroxyl groups is 1. The van der Waals surface area contributed by atoms with Crippen molar-refractivity contribution in [3.63, 3.8) is 0 Å². The summed E-state index contributed by atoms with van der Waals surface area (Å²) >= 11 is 1.69. The topological polar surface area (TPSA) is 63.3 Å². The van der Waals surface area contributed by atoms with Crippen molar-refractivity contribution < 1.29 is 34.4 Å². The van der Waals surface area contributed by atoms with Crippen LogP contribution >= 0.6 is 11.3 Å². The average molecular weight is 907 g/mol. The van der Waals surface area contributed by atoms with Crippen LogP contribution in [0.25, 0.3) is 54.3 Å². The third kappa shape index (κ3) is 9.57. The van der Waals surface area contributed by atoms with Gasteiger partial charge < -0.3 is 9.52 Å². The van der Waals surface area contributed by atoms with Crippen molar-refractivity contribution in [2.75, 3.05) is 0 Å². The SMILES string of the molecule is CCC(CC)C(=O)/C=C(\O)C(CC)CC.Cc1oc2cc(-c3cc(-c4[c-]c5ccccc5c(C(C)(C)C)c4)nc4sccc34)ccc2c1CC(C)C.[Ir]. The molecule has 0 unspecified atom stereocenters. The number of allylic oxidation sites excluding steroid dienone is 2. The van der Waals surface area contributed by atoms with Crippen molar-refractivity contribution in [1.29, 1.82) is 0 Å². The van der Waals surface area contributed by atoms with Crippen molar-refractivity contribution >= 4 is 49.1 Å². The number of ketones is 1. The van der Waals surface area contributed by atoms with Gasteiger partial charge >= 0.3 is 0 Å². The van der Waals surface area contributed by atoms with Gasteiger partial charge in [-0.3, -0.25) is 9.78 Å². The predicted molar refractivity (Wildman–Crippen MR) is 222 cm³/mol. The van der Waals surface area contributed by atoms with E-state index in [9.17, 15) is 9.90 Å². The van der Waals surface area contributed by atoms with Gasteiger partial charge in [0.1, 0.15) is 16.2 Å². The molecule has 6 rings (SSSR count). The Morgan fingerprint density at radius 2 is 1.58 bits per heavy atom. The van der Waals surface area contributed by atoms with Crippen LogP contribution in [-0.2, 0) is 36.7 Å². The van der Waals surface area contributed by atoms with Gasteiger partial charge in [0.05, 0.1) is 5.76 Å². The van der Waals surface area contributed by atoms with Gasteiger partial charge in [0.25, 0.3) is 0 Å². The van der Waals surface area contributed by atoms with E-state index in [1.807, 2.05) is 27.7 Å². The summed E-state index contributed by atoms with van der Waals surface area (Å²) in [5.74, 6) is 2.16. The number of hydrogen-bond donors (Lipinski definition) is 1. The zero-order valence-electron chi connectivity index (χ0n) is 33.1. The molecule has 3 heterocycles. The molecule has 1 radical (unpaired) electrons. The molecule has 0 fully saturated rings. The van der Waals surface area contributed by atoms with Crippen LogP contribution in [-0.4, -0.2) is 15.9 Å². The van der Waals surface area contributed by atoms with Crippen molar-refractivity contribution in [2.45, 2.75) is 107 Å². The van der Waals surface area contributed by atoms with Gasteiger partial charge in [-0.05, 0) is 79.0 Å². The van der Waals surface area contributed by atoms with Gasteiger partial charge in [-0.25, -0.2) is 0 Å². The van der Waals surface area contributed by atoms with Gasteiger partial charge in [0.15, 0.2) is 5.78 Å². The maximum Gasteiger partial charge on any atom is 0.162 e. The van der Waals surface area contributed by atoms with Crippen molar-refractivity contribution in [3.05, 3.63) is 101 Å². The van der Waals surface area contributed by atoms with Crippen LogP contribution in [0.4, 0.5) is 0 Å². The molecule has 0 saturated heterocycles. The number of carbonyl (C=O) groups is 1. The molecule has 3 aromatic carbocycles. The van der Waals surface area contributed by atoms with Crippen LogP contribution in [0.5, 0.6) is 0 Å². The molecule has 3 aromatic heterocycles. The van der Waals surface area contributed by atoms with Crippen molar-refractivity contribution in [1.82, 2.24) is 4.98 Å². The molecule has 283 valence electrons. The summed E-state index contributed by atoms with van der Waals surface area (Å²) in [6.07, 6.45) is 5.93. The van der Waals surface area contributed by atoms with E-state index in [2.05, 4.69) is 114 Å². The number of aromatic nitrogens is 1. The van der Waals surface area contributed by atoms with E-state index in [0.717, 1.165) is 70.5 Å². The Morgan fingerprint density at radius 3 is 2.23 bits per heavy atom. The van der Waals surface area contributed by atoms with E-state index in [1.54, 1.807) is 11.3 Å². The molecule has 6 heteroatoms. The Morgan fingerprint density at radius 1 is 0.906 bits per heavy atom. The number of hydrogen-bond acceptors (Lipinski definition) is 5. The minimum atomic E-state index is 0. The molecule has 0 bridgehead atoms. The first-order valence-corrected chi connectivity index (χ1v) is 20.0. The Bertz CT molecular complexity index is 2190. The summed E-state index contributed by atoms with van der Waals surface area (Å²) in [6, 6.07) is 25.6. The molecule has 0 aliphatic carbocycles. The first-order valence-electron chi connectivity index (χ1n) is 19.1. The average Bonchev–Trinajstić information content (AvgIpc) is 3.71. The molecular formula is C47H56IrNO3S-. The molecule has 0 spiro atoms. The first-order chi connectivity index (χ1) is 24.8. The fourth-order valence-electron chi connectivity index (χ4n) is 7.20. The number of rotatable bonds is 11. The van der Waals surface area contributed by atoms with Crippen LogP contribution < -0.4 is 0 Å². The van der Waals surface area contributed by atoms with Gasteiger partial charge in [-0.2, -0.15) is 0 Å². The number of nitrogens with zero attached hydrogens (tertiary/aromatic N) is 1. The largest absolute Gasteiger partial charge is 0.512 e. The second-order valence-corrected chi connectivity index (χ2v) is 16.4. The number of benzene rings is 3. The van der Waals surface area contributed by atoms with E-state index < -0.39 is 0 Å². The molecule has 6 aromatic rings. The van der Waals surface area contributed by atoms with Crippen LogP contribution in [0.15, 0.2) is 82.3 Å². The van der Waals surface area contributed by atoms with Gasteiger partial charge in [-0.15, -0.1) is 40.5 Å². The maximum absolute atomic E-state index is 11.7. The zero-order valence-corrected chi connectivity index (χ0v) is 36.4. The minimum Gasteiger partial charge on any atom is -0.512 e. The summed E-state index contributed by atoms with van der Waals surface area (Å²) in [5, 5.41) is 16.7. The van der Waals surface area contributed by atoms with E-state index >= 15 is 0 Å². The van der Waals surface area contributed by atoms with Gasteiger partial charge in [0, 0.05) is 60.0 Å². The maximum atomic E-state index is 11.7. The van der Waals surface area contributed by atoms with E-state index in [4.69, 9.17) is 9.40 Å². The smallest absolute Gasteiger partial charge is 0.162 e. The van der Waals surface area contributed by atoms with Crippen LogP contribution in [0.2, 0.25) is 0 Å². The number of thiophene rings is 1. The van der Waals surface area contributed by atoms with Gasteiger partial charge in [-0.1, -0.05) is 110 Å². The number of aliphatic hydroxyl groups excluding tert-OH is 1. The Labute approximate surface area is 334 Å². The van der Waals surface area contributed by atoms with Crippen LogP contribution in [0, 0.1) is 30.7 Å². The fraction of sp³-hybridized carbons (Fsp3) is 0.404. The second-order valence-electron chi connectivity index (χ2n) is 15.5. The number of furan rings is 1. The summed E-state index contributed by atoms with van der Waals surface area (Å²) in [5.41, 5.74) is 7.94. The van der Waals surface area contributed by atoms with Crippen molar-refractivity contribution in [3.8, 4) is 22.4 Å². The summed E-state index contributed by atoms with van der Waals surface area (Å²) in [4.78, 5) is 17.9. The molecule has 0 atom stereocenters. The summed E-state index contributed by atoms with van der Waals surface area (Å²) in [6.45, 7) is 21.5.